The smallest absolute Gasteiger partial charge is 0.125 e. The van der Waals surface area contributed by atoms with Gasteiger partial charge in [-0.1, -0.05) is 100 Å². The molecule has 3 heteroatoms. The van der Waals surface area contributed by atoms with Gasteiger partial charge in [0.15, 0.2) is 0 Å². The van der Waals surface area contributed by atoms with Crippen LogP contribution in [0.25, 0.3) is 44.5 Å². The fraction of sp³-hybridized carbons (Fsp3) is 0.257. The highest BCUT2D eigenvalue weighted by Gasteiger charge is 2.44. The maximum atomic E-state index is 11.1. The molecular weight excluding hydrogens is 464 g/mol. The molecule has 190 valence electrons. The van der Waals surface area contributed by atoms with E-state index in [4.69, 9.17) is 9.97 Å². The highest BCUT2D eigenvalue weighted by molar-refractivity contribution is 5.87. The second-order valence-electron chi connectivity index (χ2n) is 10.6. The van der Waals surface area contributed by atoms with Crippen molar-refractivity contribution in [1.29, 1.82) is 0 Å². The number of fused-ring (bicyclic) bond motifs is 4. The molecule has 6 rings (SSSR count). The van der Waals surface area contributed by atoms with Crippen molar-refractivity contribution < 1.29 is 5.11 Å². The molecule has 0 spiro atoms. The predicted octanol–water partition coefficient (Wildman–Crippen LogP) is 9.32. The Hall–Kier alpha value is -3.98. The topological polar surface area (TPSA) is 46.0 Å². The van der Waals surface area contributed by atoms with Crippen LogP contribution in [0.1, 0.15) is 63.5 Å². The number of aromatic nitrogens is 2. The van der Waals surface area contributed by atoms with Crippen LogP contribution in [0.5, 0.6) is 5.75 Å². The minimum atomic E-state index is -0.0855. The highest BCUT2D eigenvalue weighted by atomic mass is 16.3. The summed E-state index contributed by atoms with van der Waals surface area (Å²) in [5.74, 6) is 0.331. The van der Waals surface area contributed by atoms with E-state index in [1.807, 2.05) is 18.3 Å². The molecule has 0 saturated heterocycles. The highest BCUT2D eigenvalue weighted by Crippen LogP contribution is 2.56. The van der Waals surface area contributed by atoms with Gasteiger partial charge in [0.05, 0.1) is 17.1 Å². The normalized spacial score (nSPS) is 13.4. The average Bonchev–Trinajstić information content (AvgIpc) is 3.25. The van der Waals surface area contributed by atoms with Crippen LogP contribution in [0.2, 0.25) is 0 Å². The Morgan fingerprint density at radius 3 is 2.16 bits per heavy atom. The van der Waals surface area contributed by atoms with Crippen molar-refractivity contribution in [3.63, 3.8) is 0 Å². The zero-order valence-corrected chi connectivity index (χ0v) is 22.2. The number of phenolic OH excluding ortho intramolecular Hbond substituents is 1. The Labute approximate surface area is 225 Å². The van der Waals surface area contributed by atoms with Crippen molar-refractivity contribution in [3.05, 3.63) is 102 Å². The van der Waals surface area contributed by atoms with Crippen LogP contribution in [-0.4, -0.2) is 15.1 Å². The van der Waals surface area contributed by atoms with E-state index < -0.39 is 0 Å². The first-order valence-electron chi connectivity index (χ1n) is 13.9. The number of aromatic hydroxyl groups is 1. The number of pyridine rings is 2. The Balaban J connectivity index is 1.46. The first-order valence-corrected chi connectivity index (χ1v) is 13.9. The van der Waals surface area contributed by atoms with Crippen LogP contribution in [0.15, 0.2) is 91.1 Å². The maximum absolute atomic E-state index is 11.1. The van der Waals surface area contributed by atoms with Gasteiger partial charge < -0.3 is 5.11 Å². The third-order valence-corrected chi connectivity index (χ3v) is 8.20. The van der Waals surface area contributed by atoms with Crippen molar-refractivity contribution in [2.45, 2.75) is 57.8 Å². The quantitative estimate of drug-likeness (QED) is 0.232. The van der Waals surface area contributed by atoms with Crippen LogP contribution >= 0.6 is 0 Å². The van der Waals surface area contributed by atoms with Crippen LogP contribution in [0, 0.1) is 0 Å². The first kappa shape index (κ1) is 24.4. The lowest BCUT2D eigenvalue weighted by Gasteiger charge is -2.32. The monoisotopic (exact) mass is 498 g/mol. The molecule has 0 saturated carbocycles. The first-order chi connectivity index (χ1) is 18.6. The van der Waals surface area contributed by atoms with E-state index in [0.29, 0.717) is 5.75 Å². The number of hydrogen-bond acceptors (Lipinski definition) is 3. The zero-order chi connectivity index (χ0) is 26.1. The van der Waals surface area contributed by atoms with Gasteiger partial charge in [-0.05, 0) is 53.6 Å². The summed E-state index contributed by atoms with van der Waals surface area (Å²) in [5.41, 5.74) is 8.28. The lowest BCUT2D eigenvalue weighted by atomic mass is 9.71. The fourth-order valence-corrected chi connectivity index (χ4v) is 6.23. The van der Waals surface area contributed by atoms with Gasteiger partial charge >= 0.3 is 0 Å². The molecule has 0 atom stereocenters. The molecule has 0 aliphatic heterocycles. The average molecular weight is 499 g/mol. The Morgan fingerprint density at radius 1 is 0.684 bits per heavy atom. The van der Waals surface area contributed by atoms with Crippen molar-refractivity contribution in [2.75, 3.05) is 0 Å². The van der Waals surface area contributed by atoms with E-state index in [1.54, 1.807) is 6.07 Å². The summed E-state index contributed by atoms with van der Waals surface area (Å²) >= 11 is 0. The molecule has 0 radical (unpaired) electrons. The lowest BCUT2D eigenvalue weighted by molar-refractivity contribution is 0.412. The molecule has 1 aliphatic carbocycles. The number of rotatable bonds is 8. The Bertz CT molecular complexity index is 1610. The van der Waals surface area contributed by atoms with E-state index >= 15 is 0 Å². The summed E-state index contributed by atoms with van der Waals surface area (Å²) in [6.45, 7) is 4.51. The van der Waals surface area contributed by atoms with Gasteiger partial charge in [0.25, 0.3) is 0 Å². The largest absolute Gasteiger partial charge is 0.507 e. The van der Waals surface area contributed by atoms with Gasteiger partial charge in [-0.15, -0.1) is 0 Å². The molecular formula is C35H34N2O. The molecule has 0 fully saturated rings. The minimum Gasteiger partial charge on any atom is -0.507 e. The van der Waals surface area contributed by atoms with E-state index in [0.717, 1.165) is 77.7 Å². The lowest BCUT2D eigenvalue weighted by Crippen LogP contribution is -2.25. The number of nitrogens with zero attached hydrogens (tertiary/aromatic N) is 2. The van der Waals surface area contributed by atoms with Gasteiger partial charge in [0.2, 0.25) is 0 Å². The molecule has 1 N–H and O–H groups in total. The van der Waals surface area contributed by atoms with Gasteiger partial charge in [-0.2, -0.15) is 0 Å². The van der Waals surface area contributed by atoms with Crippen LogP contribution in [0.4, 0.5) is 0 Å². The summed E-state index contributed by atoms with van der Waals surface area (Å²) in [5, 5.41) is 13.4. The maximum Gasteiger partial charge on any atom is 0.125 e. The molecule has 3 aromatic carbocycles. The van der Waals surface area contributed by atoms with Gasteiger partial charge in [-0.3, -0.25) is 4.98 Å². The van der Waals surface area contributed by atoms with Gasteiger partial charge in [0, 0.05) is 33.7 Å². The van der Waals surface area contributed by atoms with Crippen LogP contribution in [0.3, 0.4) is 0 Å². The summed E-state index contributed by atoms with van der Waals surface area (Å²) in [6, 6.07) is 29.4. The molecule has 0 bridgehead atoms. The predicted molar refractivity (Wildman–Crippen MR) is 157 cm³/mol. The fourth-order valence-electron chi connectivity index (χ4n) is 6.23. The van der Waals surface area contributed by atoms with E-state index in [2.05, 4.69) is 80.6 Å². The zero-order valence-electron chi connectivity index (χ0n) is 22.2. The van der Waals surface area contributed by atoms with Crippen molar-refractivity contribution >= 4 is 10.8 Å². The standard InChI is InChI=1S/C35H34N2O/c1-3-5-19-35(20-6-4-2)28-15-10-16-32(38)33(28)34-29(35)17-18-30(37-34)25-13-9-14-26(21-25)31-22-24-11-7-8-12-27(24)23-36-31/h7-18,21-23,38H,3-6,19-20H2,1-2H3. The van der Waals surface area contributed by atoms with Gasteiger partial charge in [-0.25, -0.2) is 4.98 Å². The SMILES string of the molecule is CCCCC1(CCCC)c2ccc(-c3cccc(-c4cc5ccccc5cn4)c3)nc2-c2c(O)cccc21. The number of unbranched alkanes of at least 4 members (excludes halogenated alkanes) is 2. The molecule has 0 amide bonds. The molecule has 0 unspecified atom stereocenters. The third kappa shape index (κ3) is 4.07. The number of hydrogen-bond donors (Lipinski definition) is 1. The van der Waals surface area contributed by atoms with Crippen LogP contribution < -0.4 is 0 Å². The summed E-state index contributed by atoms with van der Waals surface area (Å²) in [7, 11) is 0. The number of benzene rings is 3. The third-order valence-electron chi connectivity index (χ3n) is 8.20. The van der Waals surface area contributed by atoms with Crippen molar-refractivity contribution in [3.8, 4) is 39.5 Å². The molecule has 5 aromatic rings. The molecule has 38 heavy (non-hydrogen) atoms. The minimum absolute atomic E-state index is 0.0855. The summed E-state index contributed by atoms with van der Waals surface area (Å²) in [6.07, 6.45) is 8.71. The van der Waals surface area contributed by atoms with E-state index in [1.165, 1.54) is 16.5 Å². The summed E-state index contributed by atoms with van der Waals surface area (Å²) in [4.78, 5) is 9.98. The molecule has 1 aliphatic rings. The van der Waals surface area contributed by atoms with Crippen LogP contribution in [-0.2, 0) is 5.41 Å². The Morgan fingerprint density at radius 2 is 1.39 bits per heavy atom. The van der Waals surface area contributed by atoms with Crippen molar-refractivity contribution in [1.82, 2.24) is 9.97 Å². The molecule has 3 nitrogen and oxygen atoms in total. The molecule has 2 heterocycles. The van der Waals surface area contributed by atoms with E-state index in [-0.39, 0.29) is 5.41 Å². The summed E-state index contributed by atoms with van der Waals surface area (Å²) < 4.78 is 0. The van der Waals surface area contributed by atoms with E-state index in [9.17, 15) is 5.11 Å². The van der Waals surface area contributed by atoms with Gasteiger partial charge in [0.1, 0.15) is 5.75 Å². The second kappa shape index (κ2) is 10.1. The number of phenols is 1. The second-order valence-corrected chi connectivity index (χ2v) is 10.6. The van der Waals surface area contributed by atoms with Crippen molar-refractivity contribution in [2.24, 2.45) is 0 Å². The molecule has 2 aromatic heterocycles. The Kier molecular flexibility index (Phi) is 6.45.